The third-order valence-electron chi connectivity index (χ3n) is 5.18. The Morgan fingerprint density at radius 1 is 0.966 bits per heavy atom. The maximum absolute atomic E-state index is 12.2. The van der Waals surface area contributed by atoms with Gasteiger partial charge in [-0.25, -0.2) is 9.59 Å². The molecule has 0 saturated carbocycles. The molecular formula is C21H40N2O5Si. The molecule has 168 valence electrons. The van der Waals surface area contributed by atoms with E-state index in [1.165, 1.54) is 22.0 Å². The van der Waals surface area contributed by atoms with E-state index in [-0.39, 0.29) is 30.3 Å². The van der Waals surface area contributed by atoms with Gasteiger partial charge in [-0.15, -0.1) is 0 Å². The molecule has 0 aliphatic rings. The van der Waals surface area contributed by atoms with Crippen LogP contribution in [-0.4, -0.2) is 76.8 Å². The Kier molecular flexibility index (Phi) is 11.3. The second kappa shape index (κ2) is 12.0. The first kappa shape index (κ1) is 27.2. The monoisotopic (exact) mass is 428 g/mol. The van der Waals surface area contributed by atoms with Gasteiger partial charge >= 0.3 is 12.2 Å². The van der Waals surface area contributed by atoms with Gasteiger partial charge in [-0.1, -0.05) is 53.0 Å². The molecule has 0 radical (unpaired) electrons. The number of hydrogen-bond donors (Lipinski definition) is 0. The molecule has 0 saturated heterocycles. The quantitative estimate of drug-likeness (QED) is 0.357. The number of ether oxygens (including phenoxy) is 2. The van der Waals surface area contributed by atoms with Crippen LogP contribution in [0.3, 0.4) is 0 Å². The molecule has 0 aromatic rings. The van der Waals surface area contributed by atoms with Gasteiger partial charge in [0.25, 0.3) is 0 Å². The molecule has 8 heteroatoms. The molecular weight excluding hydrogens is 388 g/mol. The number of hydrogen-bond acceptors (Lipinski definition) is 5. The van der Waals surface area contributed by atoms with Crippen molar-refractivity contribution in [2.45, 2.75) is 51.9 Å². The van der Waals surface area contributed by atoms with Crippen LogP contribution in [0.15, 0.2) is 25.3 Å². The van der Waals surface area contributed by atoms with Crippen molar-refractivity contribution in [3.05, 3.63) is 25.3 Å². The molecule has 0 N–H and O–H groups in total. The number of carbonyl (C=O) groups excluding carboxylic acids is 2. The molecule has 0 aromatic carbocycles. The molecule has 0 aliphatic heterocycles. The van der Waals surface area contributed by atoms with Crippen LogP contribution in [0.25, 0.3) is 0 Å². The van der Waals surface area contributed by atoms with E-state index in [2.05, 4.69) is 47.0 Å². The minimum atomic E-state index is -2.10. The summed E-state index contributed by atoms with van der Waals surface area (Å²) >= 11 is 0. The van der Waals surface area contributed by atoms with Crippen LogP contribution >= 0.6 is 0 Å². The van der Waals surface area contributed by atoms with Crippen molar-refractivity contribution in [2.75, 3.05) is 40.4 Å². The van der Waals surface area contributed by atoms with Crippen LogP contribution in [0.5, 0.6) is 0 Å². The second-order valence-corrected chi connectivity index (χ2v) is 13.6. The number of likely N-dealkylation sites (N-methyl/N-ethyl adjacent to an activating group) is 1. The van der Waals surface area contributed by atoms with Crippen molar-refractivity contribution in [1.82, 2.24) is 9.80 Å². The zero-order valence-electron chi connectivity index (χ0n) is 19.5. The highest BCUT2D eigenvalue weighted by atomic mass is 28.4. The lowest BCUT2D eigenvalue weighted by atomic mass is 10.0. The zero-order chi connectivity index (χ0) is 22.8. The highest BCUT2D eigenvalue weighted by Gasteiger charge is 2.41. The van der Waals surface area contributed by atoms with Crippen molar-refractivity contribution >= 4 is 20.5 Å². The van der Waals surface area contributed by atoms with Crippen molar-refractivity contribution in [3.8, 4) is 0 Å². The Labute approximate surface area is 177 Å². The van der Waals surface area contributed by atoms with Crippen LogP contribution in [0.4, 0.5) is 9.59 Å². The molecule has 2 unspecified atom stereocenters. The Morgan fingerprint density at radius 3 is 1.76 bits per heavy atom. The maximum Gasteiger partial charge on any atom is 0.409 e. The minimum absolute atomic E-state index is 0.0156. The summed E-state index contributed by atoms with van der Waals surface area (Å²) in [6.45, 7) is 21.1. The van der Waals surface area contributed by atoms with E-state index in [9.17, 15) is 9.59 Å². The SMILES string of the molecule is C=CCOC(=O)N(C)CC(C)C(CN(C)C(=O)OCC=C)O[Si](C)(C)C(C)(C)C. The van der Waals surface area contributed by atoms with Gasteiger partial charge in [0.15, 0.2) is 8.32 Å². The van der Waals surface area contributed by atoms with Gasteiger partial charge < -0.3 is 23.7 Å². The summed E-state index contributed by atoms with van der Waals surface area (Å²) in [4.78, 5) is 27.3. The van der Waals surface area contributed by atoms with E-state index in [1.807, 2.05) is 6.92 Å². The van der Waals surface area contributed by atoms with Crippen molar-refractivity contribution in [3.63, 3.8) is 0 Å². The molecule has 7 nitrogen and oxygen atoms in total. The predicted octanol–water partition coefficient (Wildman–Crippen LogP) is 4.52. The lowest BCUT2D eigenvalue weighted by molar-refractivity contribution is 0.0572. The van der Waals surface area contributed by atoms with Crippen molar-refractivity contribution in [1.29, 1.82) is 0 Å². The summed E-state index contributed by atoms with van der Waals surface area (Å²) in [5.41, 5.74) is 0. The smallest absolute Gasteiger partial charge is 0.409 e. The molecule has 29 heavy (non-hydrogen) atoms. The Hall–Kier alpha value is -1.80. The van der Waals surface area contributed by atoms with Gasteiger partial charge in [-0.05, 0) is 18.1 Å². The summed E-state index contributed by atoms with van der Waals surface area (Å²) in [7, 11) is 1.27. The number of rotatable bonds is 11. The summed E-state index contributed by atoms with van der Waals surface area (Å²) < 4.78 is 16.8. The average Bonchev–Trinajstić information content (AvgIpc) is 2.61. The molecule has 0 aromatic heterocycles. The van der Waals surface area contributed by atoms with Gasteiger partial charge in [0, 0.05) is 33.1 Å². The topological polar surface area (TPSA) is 68.3 Å². The molecule has 0 aliphatic carbocycles. The highest BCUT2D eigenvalue weighted by Crippen LogP contribution is 2.38. The second-order valence-electron chi connectivity index (χ2n) is 8.89. The third-order valence-corrected chi connectivity index (χ3v) is 9.68. The first-order chi connectivity index (χ1) is 13.3. The molecule has 0 bridgehead atoms. The minimum Gasteiger partial charge on any atom is -0.445 e. The van der Waals surface area contributed by atoms with E-state index >= 15 is 0 Å². The molecule has 0 fully saturated rings. The highest BCUT2D eigenvalue weighted by molar-refractivity contribution is 6.74. The van der Waals surface area contributed by atoms with Crippen LogP contribution in [0.2, 0.25) is 18.1 Å². The molecule has 2 atom stereocenters. The Balaban J connectivity index is 5.34. The first-order valence-electron chi connectivity index (χ1n) is 9.92. The first-order valence-corrected chi connectivity index (χ1v) is 12.8. The zero-order valence-corrected chi connectivity index (χ0v) is 20.5. The molecule has 0 spiro atoms. The number of carbonyl (C=O) groups is 2. The van der Waals surface area contributed by atoms with E-state index < -0.39 is 20.5 Å². The van der Waals surface area contributed by atoms with Gasteiger partial charge in [0.1, 0.15) is 13.2 Å². The molecule has 0 rings (SSSR count). The number of amides is 2. The normalized spacial score (nSPS) is 13.8. The van der Waals surface area contributed by atoms with Crippen LogP contribution in [0.1, 0.15) is 27.7 Å². The predicted molar refractivity (Wildman–Crippen MR) is 120 cm³/mol. The molecule has 0 heterocycles. The summed E-state index contributed by atoms with van der Waals surface area (Å²) in [6, 6.07) is 0. The fourth-order valence-corrected chi connectivity index (χ4v) is 3.76. The van der Waals surface area contributed by atoms with Crippen LogP contribution < -0.4 is 0 Å². The van der Waals surface area contributed by atoms with Gasteiger partial charge in [0.2, 0.25) is 0 Å². The van der Waals surface area contributed by atoms with Gasteiger partial charge in [0.05, 0.1) is 6.10 Å². The van der Waals surface area contributed by atoms with E-state index in [1.54, 1.807) is 14.1 Å². The van der Waals surface area contributed by atoms with Crippen LogP contribution in [0, 0.1) is 5.92 Å². The maximum atomic E-state index is 12.2. The Morgan fingerprint density at radius 2 is 1.38 bits per heavy atom. The van der Waals surface area contributed by atoms with Crippen molar-refractivity contribution in [2.24, 2.45) is 5.92 Å². The van der Waals surface area contributed by atoms with Crippen molar-refractivity contribution < 1.29 is 23.5 Å². The summed E-state index contributed by atoms with van der Waals surface area (Å²) in [5, 5.41) is 0.0156. The average molecular weight is 429 g/mol. The lowest BCUT2D eigenvalue weighted by Gasteiger charge is -2.42. The van der Waals surface area contributed by atoms with E-state index in [4.69, 9.17) is 13.9 Å². The van der Waals surface area contributed by atoms with E-state index in [0.717, 1.165) is 0 Å². The van der Waals surface area contributed by atoms with Gasteiger partial charge in [-0.3, -0.25) is 0 Å². The number of nitrogens with zero attached hydrogens (tertiary/aromatic N) is 2. The fourth-order valence-electron chi connectivity index (χ4n) is 2.34. The Bertz CT molecular complexity index is 560. The lowest BCUT2D eigenvalue weighted by Crippen LogP contribution is -2.51. The van der Waals surface area contributed by atoms with E-state index in [0.29, 0.717) is 13.1 Å². The van der Waals surface area contributed by atoms with Gasteiger partial charge in [-0.2, -0.15) is 0 Å². The fraction of sp³-hybridized carbons (Fsp3) is 0.714. The largest absolute Gasteiger partial charge is 0.445 e. The molecule has 2 amide bonds. The standard InChI is InChI=1S/C21H40N2O5Si/c1-11-13-26-19(24)22(7)15-17(3)18(28-29(9,10)21(4,5)6)16-23(8)20(25)27-14-12-2/h11-12,17-18H,1-2,13-16H2,3-10H3. The summed E-state index contributed by atoms with van der Waals surface area (Å²) in [5.74, 6) is -0.0277. The summed E-state index contributed by atoms with van der Waals surface area (Å²) in [6.07, 6.45) is 1.96. The third kappa shape index (κ3) is 9.49. The van der Waals surface area contributed by atoms with Crippen LogP contribution in [-0.2, 0) is 13.9 Å².